The first-order valence-corrected chi connectivity index (χ1v) is 5.93. The highest BCUT2D eigenvalue weighted by atomic mass is 16.1. The molecule has 0 radical (unpaired) electrons. The molecule has 1 amide bonds. The fourth-order valence-corrected chi connectivity index (χ4v) is 1.24. The highest BCUT2D eigenvalue weighted by molar-refractivity contribution is 5.75. The molecule has 0 bridgehead atoms. The number of amides is 1. The third-order valence-corrected chi connectivity index (χ3v) is 2.20. The summed E-state index contributed by atoms with van der Waals surface area (Å²) in [4.78, 5) is 10.9. The standard InChI is InChI=1S/C11H25N3O.3H2/c1-3-11(15)14-10-6-9-13-8-5-4-7-12-2;;;/h12-13H,3-10H2,1-2H3,(H,14,15);3*1H. The molecule has 0 aromatic carbocycles. The molecule has 96 valence electrons. The maximum absolute atomic E-state index is 10.9. The van der Waals surface area contributed by atoms with Gasteiger partial charge in [0, 0.05) is 17.2 Å². The zero-order valence-electron chi connectivity index (χ0n) is 10.1. The average molecular weight is 221 g/mol. The quantitative estimate of drug-likeness (QED) is 0.486. The molecule has 0 aliphatic heterocycles. The van der Waals surface area contributed by atoms with Crippen LogP contribution in [0.15, 0.2) is 0 Å². The summed E-state index contributed by atoms with van der Waals surface area (Å²) < 4.78 is 0. The van der Waals surface area contributed by atoms with Gasteiger partial charge in [0.25, 0.3) is 0 Å². The van der Waals surface area contributed by atoms with E-state index in [9.17, 15) is 4.79 Å². The van der Waals surface area contributed by atoms with Crippen LogP contribution in [0, 0.1) is 0 Å². The SMILES string of the molecule is CCC(=O)NCCCNCCCCNC.[HH].[HH].[HH]. The first-order valence-electron chi connectivity index (χ1n) is 5.93. The highest BCUT2D eigenvalue weighted by Gasteiger charge is 1.94. The van der Waals surface area contributed by atoms with E-state index in [2.05, 4.69) is 16.0 Å². The molecule has 15 heavy (non-hydrogen) atoms. The Morgan fingerprint density at radius 2 is 1.73 bits per heavy atom. The number of nitrogens with one attached hydrogen (secondary N) is 3. The summed E-state index contributed by atoms with van der Waals surface area (Å²) in [7, 11) is 1.98. The van der Waals surface area contributed by atoms with Crippen LogP contribution in [0.2, 0.25) is 0 Å². The van der Waals surface area contributed by atoms with Gasteiger partial charge in [-0.25, -0.2) is 0 Å². The smallest absolute Gasteiger partial charge is 0.219 e. The molecule has 4 nitrogen and oxygen atoms in total. The molecule has 0 atom stereocenters. The zero-order valence-corrected chi connectivity index (χ0v) is 10.1. The van der Waals surface area contributed by atoms with Gasteiger partial charge in [-0.05, 0) is 45.9 Å². The first kappa shape index (κ1) is 14.4. The summed E-state index contributed by atoms with van der Waals surface area (Å²) in [6, 6.07) is 0. The average Bonchev–Trinajstić information content (AvgIpc) is 2.26. The van der Waals surface area contributed by atoms with E-state index in [1.807, 2.05) is 14.0 Å². The molecule has 0 aliphatic rings. The van der Waals surface area contributed by atoms with Crippen molar-refractivity contribution in [3.63, 3.8) is 0 Å². The number of unbranched alkanes of at least 4 members (excludes halogenated alkanes) is 1. The molecule has 0 fully saturated rings. The van der Waals surface area contributed by atoms with Crippen molar-refractivity contribution in [3.05, 3.63) is 0 Å². The Labute approximate surface area is 97.7 Å². The summed E-state index contributed by atoms with van der Waals surface area (Å²) in [5, 5.41) is 9.33. The predicted octanol–water partition coefficient (Wildman–Crippen LogP) is 1.23. The Kier molecular flexibility index (Phi) is 11.0. The monoisotopic (exact) mass is 221 g/mol. The van der Waals surface area contributed by atoms with Crippen LogP contribution in [-0.2, 0) is 4.79 Å². The molecule has 0 aliphatic carbocycles. The van der Waals surface area contributed by atoms with Crippen LogP contribution >= 0.6 is 0 Å². The molecule has 0 aromatic rings. The number of hydrogen-bond acceptors (Lipinski definition) is 3. The van der Waals surface area contributed by atoms with Crippen LogP contribution in [-0.4, -0.2) is 39.1 Å². The number of rotatable bonds is 10. The summed E-state index contributed by atoms with van der Waals surface area (Å²) in [5.41, 5.74) is 0. The van der Waals surface area contributed by atoms with E-state index >= 15 is 0 Å². The van der Waals surface area contributed by atoms with Crippen molar-refractivity contribution in [2.75, 3.05) is 33.2 Å². The van der Waals surface area contributed by atoms with Crippen LogP contribution in [0.4, 0.5) is 0 Å². The fraction of sp³-hybridized carbons (Fsp3) is 0.909. The maximum atomic E-state index is 10.9. The Morgan fingerprint density at radius 3 is 2.40 bits per heavy atom. The van der Waals surface area contributed by atoms with Crippen molar-refractivity contribution in [1.82, 2.24) is 16.0 Å². The van der Waals surface area contributed by atoms with Crippen molar-refractivity contribution < 1.29 is 9.07 Å². The maximum Gasteiger partial charge on any atom is 0.219 e. The molecule has 3 N–H and O–H groups in total. The van der Waals surface area contributed by atoms with Crippen molar-refractivity contribution in [2.45, 2.75) is 32.6 Å². The van der Waals surface area contributed by atoms with Crippen LogP contribution < -0.4 is 16.0 Å². The van der Waals surface area contributed by atoms with E-state index in [1.54, 1.807) is 0 Å². The van der Waals surface area contributed by atoms with Crippen molar-refractivity contribution in [2.24, 2.45) is 0 Å². The van der Waals surface area contributed by atoms with E-state index < -0.39 is 0 Å². The van der Waals surface area contributed by atoms with Crippen LogP contribution in [0.25, 0.3) is 0 Å². The fourth-order valence-electron chi connectivity index (χ4n) is 1.24. The highest BCUT2D eigenvalue weighted by Crippen LogP contribution is 1.84. The molecule has 0 rings (SSSR count). The third-order valence-electron chi connectivity index (χ3n) is 2.20. The van der Waals surface area contributed by atoms with Crippen LogP contribution in [0.3, 0.4) is 0 Å². The minimum absolute atomic E-state index is 0. The van der Waals surface area contributed by atoms with Crippen molar-refractivity contribution in [1.29, 1.82) is 0 Å². The molecule has 0 unspecified atom stereocenters. The largest absolute Gasteiger partial charge is 0.356 e. The zero-order chi connectivity index (χ0) is 11.4. The van der Waals surface area contributed by atoms with E-state index in [-0.39, 0.29) is 10.2 Å². The summed E-state index contributed by atoms with van der Waals surface area (Å²) in [6.07, 6.45) is 4.02. The second-order valence-electron chi connectivity index (χ2n) is 3.62. The Hall–Kier alpha value is -0.610. The van der Waals surface area contributed by atoms with Gasteiger partial charge in [-0.3, -0.25) is 4.79 Å². The lowest BCUT2D eigenvalue weighted by molar-refractivity contribution is -0.120. The van der Waals surface area contributed by atoms with Gasteiger partial charge < -0.3 is 16.0 Å². The Balaban J connectivity index is -0.000000327. The van der Waals surface area contributed by atoms with E-state index in [1.165, 1.54) is 12.8 Å². The summed E-state index contributed by atoms with van der Waals surface area (Å²) in [5.74, 6) is 0.143. The minimum atomic E-state index is 0. The van der Waals surface area contributed by atoms with Crippen LogP contribution in [0.1, 0.15) is 36.9 Å². The van der Waals surface area contributed by atoms with Gasteiger partial charge in [0.05, 0.1) is 0 Å². The normalized spacial score (nSPS) is 10.3. The molecular formula is C11H31N3O. The van der Waals surface area contributed by atoms with Gasteiger partial charge >= 0.3 is 0 Å². The minimum Gasteiger partial charge on any atom is -0.356 e. The number of carbonyl (C=O) groups excluding carboxylic acids is 1. The predicted molar refractivity (Wildman–Crippen MR) is 70.3 cm³/mol. The lowest BCUT2D eigenvalue weighted by atomic mass is 10.3. The van der Waals surface area contributed by atoms with Gasteiger partial charge in [-0.1, -0.05) is 6.92 Å². The Bertz CT molecular complexity index is 162. The molecule has 0 saturated carbocycles. The molecule has 0 heterocycles. The molecular weight excluding hydrogens is 190 g/mol. The first-order chi connectivity index (χ1) is 7.31. The Morgan fingerprint density at radius 1 is 1.07 bits per heavy atom. The van der Waals surface area contributed by atoms with Gasteiger partial charge in [-0.2, -0.15) is 0 Å². The van der Waals surface area contributed by atoms with Gasteiger partial charge in [0.2, 0.25) is 5.91 Å². The third kappa shape index (κ3) is 11.3. The lowest BCUT2D eigenvalue weighted by Gasteiger charge is -2.05. The second kappa shape index (κ2) is 11.5. The van der Waals surface area contributed by atoms with Crippen molar-refractivity contribution >= 4 is 5.91 Å². The second-order valence-corrected chi connectivity index (χ2v) is 3.62. The van der Waals surface area contributed by atoms with Gasteiger partial charge in [0.15, 0.2) is 0 Å². The van der Waals surface area contributed by atoms with Crippen LogP contribution in [0.5, 0.6) is 0 Å². The molecule has 4 heteroatoms. The molecule has 0 spiro atoms. The molecule has 0 aromatic heterocycles. The summed E-state index contributed by atoms with van der Waals surface area (Å²) >= 11 is 0. The van der Waals surface area contributed by atoms with Gasteiger partial charge in [0.1, 0.15) is 0 Å². The van der Waals surface area contributed by atoms with E-state index in [4.69, 9.17) is 0 Å². The number of carbonyl (C=O) groups is 1. The topological polar surface area (TPSA) is 53.2 Å². The lowest BCUT2D eigenvalue weighted by Crippen LogP contribution is -2.27. The summed E-state index contributed by atoms with van der Waals surface area (Å²) in [6.45, 7) is 5.81. The van der Waals surface area contributed by atoms with Gasteiger partial charge in [-0.15, -0.1) is 0 Å². The van der Waals surface area contributed by atoms with Crippen molar-refractivity contribution in [3.8, 4) is 0 Å². The molecule has 0 saturated heterocycles. The van der Waals surface area contributed by atoms with E-state index in [0.29, 0.717) is 6.42 Å². The number of hydrogen-bond donors (Lipinski definition) is 3. The van der Waals surface area contributed by atoms with E-state index in [0.717, 1.165) is 32.6 Å².